The molecule has 0 amide bonds. The average Bonchev–Trinajstić information content (AvgIpc) is 2.75. The Morgan fingerprint density at radius 1 is 1.36 bits per heavy atom. The zero-order chi connectivity index (χ0) is 9.54. The molecule has 0 saturated carbocycles. The Labute approximate surface area is 83.6 Å². The smallest absolute Gasteiger partial charge is 0.212 e. The third-order valence-corrected chi connectivity index (χ3v) is 2.76. The highest BCUT2D eigenvalue weighted by Gasteiger charge is 2.08. The summed E-state index contributed by atoms with van der Waals surface area (Å²) in [7, 11) is 1.90. The van der Waals surface area contributed by atoms with Gasteiger partial charge in [0.15, 0.2) is 0 Å². The number of hydrogen-bond donors (Lipinski definition) is 0. The Morgan fingerprint density at radius 2 is 2.29 bits per heavy atom. The van der Waals surface area contributed by atoms with Gasteiger partial charge in [0.05, 0.1) is 11.9 Å². The van der Waals surface area contributed by atoms with Crippen molar-refractivity contribution in [2.45, 2.75) is 0 Å². The predicted octanol–water partition coefficient (Wildman–Crippen LogP) is 1.19. The first-order valence-electron chi connectivity index (χ1n) is 4.12. The third-order valence-electron chi connectivity index (χ3n) is 2.07. The van der Waals surface area contributed by atoms with Crippen molar-refractivity contribution in [1.29, 1.82) is 0 Å². The summed E-state index contributed by atoms with van der Waals surface area (Å²) in [5.41, 5.74) is 3.68. The Bertz CT molecular complexity index is 547. The number of imidazole rings is 1. The second kappa shape index (κ2) is 2.65. The van der Waals surface area contributed by atoms with Gasteiger partial charge in [-0.15, -0.1) is 0 Å². The molecule has 3 rings (SSSR count). The molecule has 0 spiro atoms. The first kappa shape index (κ1) is 7.69. The van der Waals surface area contributed by atoms with Crippen LogP contribution in [0.3, 0.4) is 0 Å². The van der Waals surface area contributed by atoms with Crippen LogP contribution in [0.25, 0.3) is 16.3 Å². The van der Waals surface area contributed by atoms with Crippen LogP contribution in [-0.2, 0) is 7.05 Å². The Morgan fingerprint density at radius 3 is 3.00 bits per heavy atom. The lowest BCUT2D eigenvalue weighted by molar-refractivity contribution is 0.774. The average molecular weight is 205 g/mol. The standard InChI is InChI=1S/C8H7N5S/c1-12-7(2-3-9-12)6-4-13-8(11-6)14-5-10-13/h2-5H,1H3. The fourth-order valence-corrected chi connectivity index (χ4v) is 1.99. The van der Waals surface area contributed by atoms with Crippen LogP contribution in [0.1, 0.15) is 0 Å². The molecule has 0 atom stereocenters. The van der Waals surface area contributed by atoms with E-state index in [1.165, 1.54) is 11.3 Å². The molecule has 14 heavy (non-hydrogen) atoms. The number of nitrogens with zero attached hydrogens (tertiary/aromatic N) is 5. The maximum Gasteiger partial charge on any atom is 0.212 e. The molecule has 3 aromatic rings. The summed E-state index contributed by atoms with van der Waals surface area (Å²) in [6, 6.07) is 1.94. The van der Waals surface area contributed by atoms with Crippen LogP contribution < -0.4 is 0 Å². The largest absolute Gasteiger partial charge is 0.266 e. The van der Waals surface area contributed by atoms with Gasteiger partial charge in [-0.05, 0) is 6.07 Å². The van der Waals surface area contributed by atoms with Crippen LogP contribution in [0.5, 0.6) is 0 Å². The van der Waals surface area contributed by atoms with Crippen LogP contribution in [0.15, 0.2) is 24.0 Å². The molecule has 0 unspecified atom stereocenters. The van der Waals surface area contributed by atoms with Crippen LogP contribution in [0.2, 0.25) is 0 Å². The molecule has 0 bridgehead atoms. The minimum Gasteiger partial charge on any atom is -0.266 e. The van der Waals surface area contributed by atoms with Crippen molar-refractivity contribution in [2.24, 2.45) is 7.05 Å². The van der Waals surface area contributed by atoms with E-state index in [4.69, 9.17) is 0 Å². The lowest BCUT2D eigenvalue weighted by Crippen LogP contribution is -1.92. The summed E-state index contributed by atoms with van der Waals surface area (Å²) in [6.45, 7) is 0. The van der Waals surface area contributed by atoms with E-state index in [1.807, 2.05) is 19.3 Å². The van der Waals surface area contributed by atoms with E-state index in [1.54, 1.807) is 20.9 Å². The van der Waals surface area contributed by atoms with E-state index in [0.29, 0.717) is 0 Å². The second-order valence-corrected chi connectivity index (χ2v) is 3.74. The van der Waals surface area contributed by atoms with Crippen molar-refractivity contribution >= 4 is 16.3 Å². The molecule has 5 nitrogen and oxygen atoms in total. The van der Waals surface area contributed by atoms with Gasteiger partial charge in [0.1, 0.15) is 11.2 Å². The van der Waals surface area contributed by atoms with Gasteiger partial charge in [0.2, 0.25) is 4.96 Å². The van der Waals surface area contributed by atoms with Gasteiger partial charge in [0, 0.05) is 13.2 Å². The molecule has 0 aliphatic heterocycles. The topological polar surface area (TPSA) is 48.0 Å². The van der Waals surface area contributed by atoms with Crippen molar-refractivity contribution in [3.05, 3.63) is 24.0 Å². The Hall–Kier alpha value is -1.69. The van der Waals surface area contributed by atoms with Gasteiger partial charge >= 0.3 is 0 Å². The van der Waals surface area contributed by atoms with Crippen molar-refractivity contribution in [3.63, 3.8) is 0 Å². The molecule has 0 fully saturated rings. The summed E-state index contributed by atoms with van der Waals surface area (Å²) in [5, 5.41) is 8.22. The number of fused-ring (bicyclic) bond motifs is 1. The quantitative estimate of drug-likeness (QED) is 0.599. The van der Waals surface area contributed by atoms with Crippen LogP contribution >= 0.6 is 11.3 Å². The van der Waals surface area contributed by atoms with Crippen LogP contribution in [0, 0.1) is 0 Å². The van der Waals surface area contributed by atoms with Crippen LogP contribution in [0.4, 0.5) is 0 Å². The van der Waals surface area contributed by atoms with Crippen molar-refractivity contribution in [1.82, 2.24) is 24.4 Å². The Balaban J connectivity index is 2.23. The number of aromatic nitrogens is 5. The molecule has 6 heteroatoms. The van der Waals surface area contributed by atoms with E-state index < -0.39 is 0 Å². The molecule has 0 radical (unpaired) electrons. The van der Waals surface area contributed by atoms with Gasteiger partial charge in [-0.3, -0.25) is 4.68 Å². The second-order valence-electron chi connectivity index (χ2n) is 2.93. The first-order valence-corrected chi connectivity index (χ1v) is 5.00. The Kier molecular flexibility index (Phi) is 1.45. The zero-order valence-corrected chi connectivity index (χ0v) is 8.27. The van der Waals surface area contributed by atoms with Gasteiger partial charge in [-0.2, -0.15) is 10.2 Å². The van der Waals surface area contributed by atoms with E-state index >= 15 is 0 Å². The predicted molar refractivity (Wildman–Crippen MR) is 53.1 cm³/mol. The lowest BCUT2D eigenvalue weighted by atomic mass is 10.3. The molecule has 3 aromatic heterocycles. The fraction of sp³-hybridized carbons (Fsp3) is 0.125. The van der Waals surface area contributed by atoms with E-state index in [9.17, 15) is 0 Å². The minimum atomic E-state index is 0.904. The third kappa shape index (κ3) is 0.973. The fourth-order valence-electron chi connectivity index (χ4n) is 1.39. The first-order chi connectivity index (χ1) is 6.84. The summed E-state index contributed by atoms with van der Waals surface area (Å²) in [4.78, 5) is 5.34. The highest BCUT2D eigenvalue weighted by Crippen LogP contribution is 2.18. The van der Waals surface area contributed by atoms with E-state index in [2.05, 4.69) is 15.2 Å². The van der Waals surface area contributed by atoms with E-state index in [0.717, 1.165) is 16.3 Å². The van der Waals surface area contributed by atoms with Crippen molar-refractivity contribution in [3.8, 4) is 11.4 Å². The highest BCUT2D eigenvalue weighted by atomic mass is 32.1. The molecule has 70 valence electrons. The molecule has 0 saturated heterocycles. The molecule has 0 N–H and O–H groups in total. The lowest BCUT2D eigenvalue weighted by Gasteiger charge is -1.94. The molecule has 0 aliphatic carbocycles. The molecular weight excluding hydrogens is 198 g/mol. The van der Waals surface area contributed by atoms with E-state index in [-0.39, 0.29) is 0 Å². The maximum atomic E-state index is 4.43. The monoisotopic (exact) mass is 205 g/mol. The molecule has 0 aliphatic rings. The summed E-state index contributed by atoms with van der Waals surface area (Å²) >= 11 is 1.52. The number of hydrogen-bond acceptors (Lipinski definition) is 4. The minimum absolute atomic E-state index is 0.904. The summed E-state index contributed by atoms with van der Waals surface area (Å²) in [5.74, 6) is 0. The van der Waals surface area contributed by atoms with Crippen molar-refractivity contribution in [2.75, 3.05) is 0 Å². The summed E-state index contributed by atoms with van der Waals surface area (Å²) in [6.07, 6.45) is 3.67. The normalized spacial score (nSPS) is 11.2. The number of aryl methyl sites for hydroxylation is 1. The number of rotatable bonds is 1. The molecule has 0 aromatic carbocycles. The molecular formula is C8H7N5S. The maximum absolute atomic E-state index is 4.43. The van der Waals surface area contributed by atoms with Crippen molar-refractivity contribution < 1.29 is 0 Å². The summed E-state index contributed by atoms with van der Waals surface area (Å²) < 4.78 is 3.57. The van der Waals surface area contributed by atoms with Gasteiger partial charge in [-0.25, -0.2) is 9.50 Å². The van der Waals surface area contributed by atoms with Gasteiger partial charge in [0.25, 0.3) is 0 Å². The van der Waals surface area contributed by atoms with Gasteiger partial charge in [-0.1, -0.05) is 11.3 Å². The highest BCUT2D eigenvalue weighted by molar-refractivity contribution is 7.14. The SMILES string of the molecule is Cn1nccc1-c1cn2ncsc2n1. The van der Waals surface area contributed by atoms with Gasteiger partial charge < -0.3 is 0 Å². The molecule has 3 heterocycles. The zero-order valence-electron chi connectivity index (χ0n) is 7.45. The van der Waals surface area contributed by atoms with Crippen LogP contribution in [-0.4, -0.2) is 24.4 Å².